The summed E-state index contributed by atoms with van der Waals surface area (Å²) in [6, 6.07) is 6.33. The van der Waals surface area contributed by atoms with Crippen LogP contribution in [0.2, 0.25) is 0 Å². The highest BCUT2D eigenvalue weighted by molar-refractivity contribution is 5.76. The number of carbonyl (C=O) groups is 1. The van der Waals surface area contributed by atoms with Gasteiger partial charge in [0.05, 0.1) is 0 Å². The predicted octanol–water partition coefficient (Wildman–Crippen LogP) is 2.19. The molecule has 0 radical (unpaired) electrons. The first-order valence-electron chi connectivity index (χ1n) is 6.28. The third-order valence-electron chi connectivity index (χ3n) is 3.08. The van der Waals surface area contributed by atoms with Crippen LogP contribution in [0.5, 0.6) is 0 Å². The third-order valence-corrected chi connectivity index (χ3v) is 3.08. The van der Waals surface area contributed by atoms with E-state index in [0.717, 1.165) is 18.8 Å². The highest BCUT2D eigenvalue weighted by atomic mass is 19.1. The van der Waals surface area contributed by atoms with Gasteiger partial charge in [-0.25, -0.2) is 9.18 Å². The lowest BCUT2D eigenvalue weighted by Crippen LogP contribution is -2.51. The number of carbonyl (C=O) groups excluding carboxylic acids is 1. The topological polar surface area (TPSA) is 35.6 Å². The number of urea groups is 1. The van der Waals surface area contributed by atoms with Crippen molar-refractivity contribution in [2.45, 2.75) is 6.92 Å². The van der Waals surface area contributed by atoms with Crippen molar-refractivity contribution >= 4 is 11.7 Å². The number of nitrogens with one attached hydrogen (secondary N) is 1. The lowest BCUT2D eigenvalue weighted by Gasteiger charge is -2.36. The molecule has 1 aliphatic rings. The van der Waals surface area contributed by atoms with Crippen LogP contribution in [0.4, 0.5) is 14.9 Å². The molecule has 0 aromatic heterocycles. The van der Waals surface area contributed by atoms with Gasteiger partial charge in [-0.05, 0) is 31.2 Å². The van der Waals surface area contributed by atoms with Gasteiger partial charge < -0.3 is 15.1 Å². The highest BCUT2D eigenvalue weighted by Gasteiger charge is 2.20. The van der Waals surface area contributed by atoms with Gasteiger partial charge in [0.25, 0.3) is 0 Å². The molecule has 2 amide bonds. The number of halogens is 1. The maximum absolute atomic E-state index is 12.9. The van der Waals surface area contributed by atoms with Gasteiger partial charge in [0, 0.05) is 37.6 Å². The molecular weight excluding hydrogens is 245 g/mol. The van der Waals surface area contributed by atoms with Crippen LogP contribution in [-0.2, 0) is 0 Å². The SMILES string of the molecule is C=C(C)NC(=O)N1CCN(c2ccc(F)cc2)CC1. The van der Waals surface area contributed by atoms with Gasteiger partial charge in [-0.2, -0.15) is 0 Å². The zero-order valence-corrected chi connectivity index (χ0v) is 11.0. The Hall–Kier alpha value is -2.04. The molecule has 1 aromatic carbocycles. The Balaban J connectivity index is 1.90. The van der Waals surface area contributed by atoms with E-state index in [0.29, 0.717) is 18.8 Å². The van der Waals surface area contributed by atoms with E-state index in [4.69, 9.17) is 0 Å². The van der Waals surface area contributed by atoms with E-state index in [-0.39, 0.29) is 11.8 Å². The molecule has 1 heterocycles. The highest BCUT2D eigenvalue weighted by Crippen LogP contribution is 2.16. The summed E-state index contributed by atoms with van der Waals surface area (Å²) in [5.41, 5.74) is 1.63. The van der Waals surface area contributed by atoms with Crippen molar-refractivity contribution in [1.82, 2.24) is 10.2 Å². The largest absolute Gasteiger partial charge is 0.368 e. The van der Waals surface area contributed by atoms with Gasteiger partial charge in [0.1, 0.15) is 5.82 Å². The molecule has 1 aliphatic heterocycles. The number of hydrogen-bond donors (Lipinski definition) is 1. The Bertz CT molecular complexity index is 464. The van der Waals surface area contributed by atoms with Crippen LogP contribution in [0.15, 0.2) is 36.5 Å². The number of benzene rings is 1. The van der Waals surface area contributed by atoms with Crippen molar-refractivity contribution in [2.24, 2.45) is 0 Å². The van der Waals surface area contributed by atoms with E-state index >= 15 is 0 Å². The molecule has 1 aromatic rings. The van der Waals surface area contributed by atoms with E-state index in [1.165, 1.54) is 12.1 Å². The van der Waals surface area contributed by atoms with Gasteiger partial charge >= 0.3 is 6.03 Å². The number of rotatable bonds is 2. The first kappa shape index (κ1) is 13.4. The van der Waals surface area contributed by atoms with E-state index < -0.39 is 0 Å². The van der Waals surface area contributed by atoms with Gasteiger partial charge in [-0.1, -0.05) is 6.58 Å². The van der Waals surface area contributed by atoms with Crippen LogP contribution in [0.25, 0.3) is 0 Å². The van der Waals surface area contributed by atoms with Crippen molar-refractivity contribution in [1.29, 1.82) is 0 Å². The molecule has 0 unspecified atom stereocenters. The number of nitrogens with zero attached hydrogens (tertiary/aromatic N) is 2. The van der Waals surface area contributed by atoms with Crippen molar-refractivity contribution in [3.63, 3.8) is 0 Å². The van der Waals surface area contributed by atoms with E-state index in [2.05, 4.69) is 16.8 Å². The monoisotopic (exact) mass is 263 g/mol. The second kappa shape index (κ2) is 5.73. The van der Waals surface area contributed by atoms with Gasteiger partial charge in [-0.15, -0.1) is 0 Å². The molecule has 1 N–H and O–H groups in total. The molecule has 2 rings (SSSR count). The maximum Gasteiger partial charge on any atom is 0.321 e. The first-order valence-corrected chi connectivity index (χ1v) is 6.28. The zero-order valence-electron chi connectivity index (χ0n) is 11.0. The zero-order chi connectivity index (χ0) is 13.8. The number of piperazine rings is 1. The van der Waals surface area contributed by atoms with Crippen molar-refractivity contribution < 1.29 is 9.18 Å². The van der Waals surface area contributed by atoms with Gasteiger partial charge in [0.2, 0.25) is 0 Å². The minimum atomic E-state index is -0.233. The van der Waals surface area contributed by atoms with Crippen LogP contribution >= 0.6 is 0 Å². The Labute approximate surface area is 112 Å². The summed E-state index contributed by atoms with van der Waals surface area (Å²) in [7, 11) is 0. The van der Waals surface area contributed by atoms with Gasteiger partial charge in [0.15, 0.2) is 0 Å². The summed E-state index contributed by atoms with van der Waals surface area (Å²) in [5, 5.41) is 2.70. The fraction of sp³-hybridized carbons (Fsp3) is 0.357. The molecule has 0 aliphatic carbocycles. The van der Waals surface area contributed by atoms with Crippen LogP contribution in [0, 0.1) is 5.82 Å². The normalized spacial score (nSPS) is 15.3. The van der Waals surface area contributed by atoms with Crippen molar-refractivity contribution in [3.05, 3.63) is 42.4 Å². The second-order valence-corrected chi connectivity index (χ2v) is 4.66. The molecule has 0 bridgehead atoms. The lowest BCUT2D eigenvalue weighted by atomic mass is 10.2. The molecule has 0 saturated carbocycles. The molecular formula is C14H18FN3O. The van der Waals surface area contributed by atoms with E-state index in [1.807, 2.05) is 0 Å². The summed E-state index contributed by atoms with van der Waals surface area (Å²) in [6.07, 6.45) is 0. The molecule has 4 nitrogen and oxygen atoms in total. The number of allylic oxidation sites excluding steroid dienone is 1. The summed E-state index contributed by atoms with van der Waals surface area (Å²) in [4.78, 5) is 15.7. The summed E-state index contributed by atoms with van der Waals surface area (Å²) >= 11 is 0. The Kier molecular flexibility index (Phi) is 4.04. The molecule has 102 valence electrons. The van der Waals surface area contributed by atoms with Crippen LogP contribution in [-0.4, -0.2) is 37.1 Å². The maximum atomic E-state index is 12.9. The third kappa shape index (κ3) is 3.47. The summed E-state index contributed by atoms with van der Waals surface area (Å²) < 4.78 is 12.9. The molecule has 5 heteroatoms. The molecule has 0 atom stereocenters. The first-order chi connectivity index (χ1) is 9.06. The molecule has 1 saturated heterocycles. The van der Waals surface area contributed by atoms with Crippen LogP contribution < -0.4 is 10.2 Å². The van der Waals surface area contributed by atoms with E-state index in [1.54, 1.807) is 24.0 Å². The fourth-order valence-electron chi connectivity index (χ4n) is 2.08. The number of amides is 2. The minimum absolute atomic E-state index is 0.105. The predicted molar refractivity (Wildman–Crippen MR) is 73.5 cm³/mol. The fourth-order valence-corrected chi connectivity index (χ4v) is 2.08. The quantitative estimate of drug-likeness (QED) is 0.887. The number of hydrogen-bond acceptors (Lipinski definition) is 2. The number of anilines is 1. The Morgan fingerprint density at radius 1 is 1.21 bits per heavy atom. The van der Waals surface area contributed by atoms with Crippen LogP contribution in [0.3, 0.4) is 0 Å². The van der Waals surface area contributed by atoms with Crippen LogP contribution in [0.1, 0.15) is 6.92 Å². The average Bonchev–Trinajstić information content (AvgIpc) is 2.39. The Morgan fingerprint density at radius 3 is 2.32 bits per heavy atom. The van der Waals surface area contributed by atoms with Crippen molar-refractivity contribution in [2.75, 3.05) is 31.1 Å². The molecule has 1 fully saturated rings. The standard InChI is InChI=1S/C14H18FN3O/c1-11(2)16-14(19)18-9-7-17(8-10-18)13-5-3-12(15)4-6-13/h3-6H,1,7-10H2,2H3,(H,16,19). The van der Waals surface area contributed by atoms with E-state index in [9.17, 15) is 9.18 Å². The second-order valence-electron chi connectivity index (χ2n) is 4.66. The smallest absolute Gasteiger partial charge is 0.321 e. The van der Waals surface area contributed by atoms with Gasteiger partial charge in [-0.3, -0.25) is 0 Å². The Morgan fingerprint density at radius 2 is 1.79 bits per heavy atom. The van der Waals surface area contributed by atoms with Crippen molar-refractivity contribution in [3.8, 4) is 0 Å². The lowest BCUT2D eigenvalue weighted by molar-refractivity contribution is 0.197. The summed E-state index contributed by atoms with van der Waals surface area (Å²) in [6.45, 7) is 8.20. The minimum Gasteiger partial charge on any atom is -0.368 e. The average molecular weight is 263 g/mol. The molecule has 0 spiro atoms. The summed E-state index contributed by atoms with van der Waals surface area (Å²) in [5.74, 6) is -0.233. The molecule has 19 heavy (non-hydrogen) atoms.